The topological polar surface area (TPSA) is 69.2 Å². The number of benzene rings is 1. The molecule has 18 heavy (non-hydrogen) atoms. The Morgan fingerprint density at radius 2 is 2.06 bits per heavy atom. The van der Waals surface area contributed by atoms with E-state index in [1.807, 2.05) is 6.92 Å². The van der Waals surface area contributed by atoms with Gasteiger partial charge >= 0.3 is 0 Å². The number of H-pyrrole nitrogens is 1. The minimum Gasteiger partial charge on any atom is -0.508 e. The number of aromatic nitrogens is 2. The van der Waals surface area contributed by atoms with Crippen molar-refractivity contribution in [3.05, 3.63) is 47.3 Å². The van der Waals surface area contributed by atoms with Crippen LogP contribution in [-0.4, -0.2) is 33.2 Å². The average molecular weight is 245 g/mol. The molecule has 0 aliphatic rings. The van der Waals surface area contributed by atoms with Crippen molar-refractivity contribution in [3.63, 3.8) is 0 Å². The largest absolute Gasteiger partial charge is 0.508 e. The molecule has 0 atom stereocenters. The van der Waals surface area contributed by atoms with Crippen LogP contribution in [0.15, 0.2) is 30.5 Å². The maximum atomic E-state index is 12.1. The van der Waals surface area contributed by atoms with E-state index in [2.05, 4.69) is 10.2 Å². The summed E-state index contributed by atoms with van der Waals surface area (Å²) < 4.78 is 0. The van der Waals surface area contributed by atoms with Crippen LogP contribution in [0.25, 0.3) is 0 Å². The third-order valence-electron chi connectivity index (χ3n) is 2.76. The van der Waals surface area contributed by atoms with Crippen LogP contribution in [0, 0.1) is 6.92 Å². The summed E-state index contributed by atoms with van der Waals surface area (Å²) >= 11 is 0. The fourth-order valence-electron chi connectivity index (χ4n) is 1.72. The number of hydrogen-bond acceptors (Lipinski definition) is 3. The van der Waals surface area contributed by atoms with Gasteiger partial charge in [0.1, 0.15) is 5.75 Å². The molecule has 1 aromatic carbocycles. The van der Waals surface area contributed by atoms with Gasteiger partial charge in [0.15, 0.2) is 0 Å². The Hall–Kier alpha value is -2.30. The van der Waals surface area contributed by atoms with E-state index in [1.165, 1.54) is 6.20 Å². The lowest BCUT2D eigenvalue weighted by molar-refractivity contribution is 0.0784. The molecule has 0 bridgehead atoms. The van der Waals surface area contributed by atoms with Crippen molar-refractivity contribution >= 4 is 5.91 Å². The summed E-state index contributed by atoms with van der Waals surface area (Å²) in [4.78, 5) is 13.7. The molecule has 0 saturated heterocycles. The van der Waals surface area contributed by atoms with E-state index in [0.717, 1.165) is 11.3 Å². The molecule has 2 rings (SSSR count). The van der Waals surface area contributed by atoms with E-state index in [0.29, 0.717) is 12.1 Å². The first-order chi connectivity index (χ1) is 8.58. The van der Waals surface area contributed by atoms with Gasteiger partial charge in [0.25, 0.3) is 5.91 Å². The van der Waals surface area contributed by atoms with Crippen LogP contribution in [0.3, 0.4) is 0 Å². The zero-order valence-corrected chi connectivity index (χ0v) is 10.3. The molecule has 0 spiro atoms. The lowest BCUT2D eigenvalue weighted by Crippen LogP contribution is -2.26. The predicted molar refractivity (Wildman–Crippen MR) is 67.2 cm³/mol. The van der Waals surface area contributed by atoms with Gasteiger partial charge in [-0.3, -0.25) is 9.89 Å². The quantitative estimate of drug-likeness (QED) is 0.864. The molecule has 1 heterocycles. The first kappa shape index (κ1) is 12.2. The molecule has 1 amide bonds. The number of phenolic OH excluding ortho intramolecular Hbond substituents is 1. The van der Waals surface area contributed by atoms with Gasteiger partial charge in [-0.2, -0.15) is 5.10 Å². The highest BCUT2D eigenvalue weighted by atomic mass is 16.3. The summed E-state index contributed by atoms with van der Waals surface area (Å²) in [5.74, 6) is 0.146. The van der Waals surface area contributed by atoms with E-state index < -0.39 is 0 Å². The Morgan fingerprint density at radius 3 is 2.61 bits per heavy atom. The number of phenols is 1. The second-order valence-electron chi connectivity index (χ2n) is 4.24. The smallest absolute Gasteiger partial charge is 0.257 e. The van der Waals surface area contributed by atoms with Crippen molar-refractivity contribution in [1.82, 2.24) is 15.1 Å². The van der Waals surface area contributed by atoms with E-state index in [4.69, 9.17) is 0 Å². The molecule has 1 aromatic heterocycles. The number of hydrogen-bond donors (Lipinski definition) is 2. The number of nitrogens with one attached hydrogen (secondary N) is 1. The third kappa shape index (κ3) is 2.51. The molecule has 0 fully saturated rings. The highest BCUT2D eigenvalue weighted by Crippen LogP contribution is 2.13. The van der Waals surface area contributed by atoms with Gasteiger partial charge < -0.3 is 10.0 Å². The molecule has 0 radical (unpaired) electrons. The van der Waals surface area contributed by atoms with Crippen LogP contribution in [0.5, 0.6) is 5.75 Å². The van der Waals surface area contributed by atoms with Crippen molar-refractivity contribution in [1.29, 1.82) is 0 Å². The monoisotopic (exact) mass is 245 g/mol. The minimum absolute atomic E-state index is 0.0747. The normalized spacial score (nSPS) is 10.3. The number of rotatable bonds is 3. The molecular formula is C13H15N3O2. The molecule has 94 valence electrons. The second-order valence-corrected chi connectivity index (χ2v) is 4.24. The fraction of sp³-hybridized carbons (Fsp3) is 0.231. The number of amides is 1. The molecule has 0 saturated carbocycles. The van der Waals surface area contributed by atoms with Gasteiger partial charge in [-0.15, -0.1) is 0 Å². The van der Waals surface area contributed by atoms with Gasteiger partial charge in [0.05, 0.1) is 11.8 Å². The standard InChI is InChI=1S/C13H15N3O2/c1-9-12(7-14-15-9)13(18)16(2)8-10-3-5-11(17)6-4-10/h3-7,17H,8H2,1-2H3,(H,14,15). The lowest BCUT2D eigenvalue weighted by Gasteiger charge is -2.16. The maximum Gasteiger partial charge on any atom is 0.257 e. The number of carbonyl (C=O) groups excluding carboxylic acids is 1. The predicted octanol–water partition coefficient (Wildman–Crippen LogP) is 1.70. The summed E-state index contributed by atoms with van der Waals surface area (Å²) in [6.07, 6.45) is 1.53. The maximum absolute atomic E-state index is 12.1. The van der Waals surface area contributed by atoms with Crippen molar-refractivity contribution in [2.24, 2.45) is 0 Å². The molecule has 2 aromatic rings. The van der Waals surface area contributed by atoms with Gasteiger partial charge in [-0.05, 0) is 24.6 Å². The summed E-state index contributed by atoms with van der Waals surface area (Å²) in [5.41, 5.74) is 2.30. The molecule has 0 aliphatic heterocycles. The minimum atomic E-state index is -0.0747. The van der Waals surface area contributed by atoms with Gasteiger partial charge in [0.2, 0.25) is 0 Å². The number of carbonyl (C=O) groups is 1. The number of aromatic hydroxyl groups is 1. The van der Waals surface area contributed by atoms with Crippen molar-refractivity contribution in [2.45, 2.75) is 13.5 Å². The number of aryl methyl sites for hydroxylation is 1. The van der Waals surface area contributed by atoms with Crippen LogP contribution >= 0.6 is 0 Å². The van der Waals surface area contributed by atoms with E-state index >= 15 is 0 Å². The fourth-order valence-corrected chi connectivity index (χ4v) is 1.72. The van der Waals surface area contributed by atoms with Crippen LogP contribution in [0.1, 0.15) is 21.6 Å². The Bertz CT molecular complexity index is 546. The van der Waals surface area contributed by atoms with Gasteiger partial charge in [0, 0.05) is 19.3 Å². The van der Waals surface area contributed by atoms with E-state index in [1.54, 1.807) is 36.2 Å². The van der Waals surface area contributed by atoms with Crippen LogP contribution in [-0.2, 0) is 6.54 Å². The van der Waals surface area contributed by atoms with Crippen molar-refractivity contribution in [3.8, 4) is 5.75 Å². The average Bonchev–Trinajstić information content (AvgIpc) is 2.77. The molecule has 2 N–H and O–H groups in total. The van der Waals surface area contributed by atoms with Crippen LogP contribution in [0.4, 0.5) is 0 Å². The summed E-state index contributed by atoms with van der Waals surface area (Å²) in [6.45, 7) is 2.30. The lowest BCUT2D eigenvalue weighted by atomic mass is 10.2. The Kier molecular flexibility index (Phi) is 3.32. The van der Waals surface area contributed by atoms with Crippen LogP contribution < -0.4 is 0 Å². The third-order valence-corrected chi connectivity index (χ3v) is 2.76. The summed E-state index contributed by atoms with van der Waals surface area (Å²) in [6, 6.07) is 6.80. The SMILES string of the molecule is Cc1[nH]ncc1C(=O)N(C)Cc1ccc(O)cc1. The number of aromatic amines is 1. The van der Waals surface area contributed by atoms with Gasteiger partial charge in [-0.1, -0.05) is 12.1 Å². The zero-order chi connectivity index (χ0) is 13.1. The summed E-state index contributed by atoms with van der Waals surface area (Å²) in [5, 5.41) is 15.8. The zero-order valence-electron chi connectivity index (χ0n) is 10.3. The first-order valence-corrected chi connectivity index (χ1v) is 5.61. The van der Waals surface area contributed by atoms with Gasteiger partial charge in [-0.25, -0.2) is 0 Å². The number of nitrogens with zero attached hydrogens (tertiary/aromatic N) is 2. The highest BCUT2D eigenvalue weighted by Gasteiger charge is 2.15. The van der Waals surface area contributed by atoms with Crippen molar-refractivity contribution in [2.75, 3.05) is 7.05 Å². The highest BCUT2D eigenvalue weighted by molar-refractivity contribution is 5.94. The van der Waals surface area contributed by atoms with E-state index in [9.17, 15) is 9.90 Å². The molecule has 0 unspecified atom stereocenters. The Labute approximate surface area is 105 Å². The molecular weight excluding hydrogens is 230 g/mol. The van der Waals surface area contributed by atoms with E-state index in [-0.39, 0.29) is 11.7 Å². The molecule has 5 nitrogen and oxygen atoms in total. The van der Waals surface area contributed by atoms with Crippen LogP contribution in [0.2, 0.25) is 0 Å². The molecule has 5 heteroatoms. The van der Waals surface area contributed by atoms with Crippen molar-refractivity contribution < 1.29 is 9.90 Å². The molecule has 0 aliphatic carbocycles. The Morgan fingerprint density at radius 1 is 1.39 bits per heavy atom. The summed E-state index contributed by atoms with van der Waals surface area (Å²) in [7, 11) is 1.74. The first-order valence-electron chi connectivity index (χ1n) is 5.61. The Balaban J connectivity index is 2.08. The second kappa shape index (κ2) is 4.91.